The number of rotatable bonds is 4. The molecule has 0 spiro atoms. The van der Waals surface area contributed by atoms with E-state index >= 15 is 0 Å². The van der Waals surface area contributed by atoms with Crippen molar-refractivity contribution in [2.75, 3.05) is 18.9 Å². The van der Waals surface area contributed by atoms with E-state index in [1.165, 1.54) is 0 Å². The molecule has 17 heavy (non-hydrogen) atoms. The lowest BCUT2D eigenvalue weighted by Crippen LogP contribution is -2.36. The summed E-state index contributed by atoms with van der Waals surface area (Å²) in [6, 6.07) is 0.158. The van der Waals surface area contributed by atoms with Crippen molar-refractivity contribution in [2.24, 2.45) is 0 Å². The van der Waals surface area contributed by atoms with Gasteiger partial charge in [0.05, 0.1) is 0 Å². The molecule has 0 aromatic carbocycles. The molecule has 0 aliphatic carbocycles. The third-order valence-electron chi connectivity index (χ3n) is 3.05. The summed E-state index contributed by atoms with van der Waals surface area (Å²) < 4.78 is 4.43. The highest BCUT2D eigenvalue weighted by molar-refractivity contribution is 5.96. The summed E-state index contributed by atoms with van der Waals surface area (Å²) in [5, 5.41) is 15.7. The summed E-state index contributed by atoms with van der Waals surface area (Å²) >= 11 is 0. The van der Waals surface area contributed by atoms with Crippen molar-refractivity contribution in [1.29, 1.82) is 0 Å². The minimum absolute atomic E-state index is 0.0304. The maximum Gasteiger partial charge on any atom is 0.280 e. The van der Waals surface area contributed by atoms with Crippen molar-refractivity contribution in [3.63, 3.8) is 0 Å². The molecule has 0 radical (unpaired) electrons. The van der Waals surface area contributed by atoms with E-state index in [2.05, 4.69) is 14.9 Å². The highest BCUT2D eigenvalue weighted by Crippen LogP contribution is 2.24. The number of carbonyl (C=O) groups excluding carboxylic acids is 1. The van der Waals surface area contributed by atoms with Crippen molar-refractivity contribution in [2.45, 2.75) is 31.7 Å². The van der Waals surface area contributed by atoms with Gasteiger partial charge < -0.3 is 15.7 Å². The third-order valence-corrected chi connectivity index (χ3v) is 3.05. The standard InChI is InChI=1S/C10H16N4O3/c11-9-8(12-17-13-9)10(16)14-5-1-3-7(14)4-2-6-15/h7,15H,1-6H2,(H2,11,13). The number of anilines is 1. The first-order valence-electron chi connectivity index (χ1n) is 5.74. The van der Waals surface area contributed by atoms with Gasteiger partial charge in [-0.15, -0.1) is 0 Å². The van der Waals surface area contributed by atoms with Crippen molar-refractivity contribution >= 4 is 11.7 Å². The minimum atomic E-state index is -0.232. The van der Waals surface area contributed by atoms with Crippen LogP contribution >= 0.6 is 0 Å². The van der Waals surface area contributed by atoms with Gasteiger partial charge in [0.25, 0.3) is 5.91 Å². The van der Waals surface area contributed by atoms with Crippen LogP contribution in [0.2, 0.25) is 0 Å². The highest BCUT2D eigenvalue weighted by Gasteiger charge is 2.31. The number of carbonyl (C=O) groups is 1. The predicted molar refractivity (Wildman–Crippen MR) is 59.1 cm³/mol. The first-order valence-corrected chi connectivity index (χ1v) is 5.74. The van der Waals surface area contributed by atoms with Gasteiger partial charge in [-0.1, -0.05) is 0 Å². The molecule has 1 saturated heterocycles. The molecule has 1 unspecified atom stereocenters. The molecule has 1 aromatic heterocycles. The molecule has 1 aliphatic rings. The topological polar surface area (TPSA) is 105 Å². The normalized spacial score (nSPS) is 19.8. The molecule has 1 atom stereocenters. The maximum absolute atomic E-state index is 12.1. The van der Waals surface area contributed by atoms with Crippen LogP contribution in [0.25, 0.3) is 0 Å². The Kier molecular flexibility index (Phi) is 3.58. The van der Waals surface area contributed by atoms with Gasteiger partial charge in [-0.05, 0) is 36.0 Å². The van der Waals surface area contributed by atoms with Crippen LogP contribution in [-0.4, -0.2) is 45.4 Å². The molecule has 1 fully saturated rings. The van der Waals surface area contributed by atoms with Crippen LogP contribution in [0.15, 0.2) is 4.63 Å². The summed E-state index contributed by atoms with van der Waals surface area (Å²) in [5.74, 6) is -0.202. The average Bonchev–Trinajstić information content (AvgIpc) is 2.94. The summed E-state index contributed by atoms with van der Waals surface area (Å²) in [4.78, 5) is 13.9. The summed E-state index contributed by atoms with van der Waals surface area (Å²) in [5.41, 5.74) is 5.58. The summed E-state index contributed by atoms with van der Waals surface area (Å²) in [7, 11) is 0. The molecule has 0 bridgehead atoms. The minimum Gasteiger partial charge on any atom is -0.396 e. The van der Waals surface area contributed by atoms with Gasteiger partial charge in [-0.3, -0.25) is 4.79 Å². The van der Waals surface area contributed by atoms with E-state index in [-0.39, 0.29) is 30.1 Å². The van der Waals surface area contributed by atoms with Crippen LogP contribution < -0.4 is 5.73 Å². The fourth-order valence-corrected chi connectivity index (χ4v) is 2.21. The van der Waals surface area contributed by atoms with Crippen LogP contribution in [0.3, 0.4) is 0 Å². The number of nitrogens with zero attached hydrogens (tertiary/aromatic N) is 3. The quantitative estimate of drug-likeness (QED) is 0.769. The van der Waals surface area contributed by atoms with Crippen molar-refractivity contribution < 1.29 is 14.5 Å². The van der Waals surface area contributed by atoms with E-state index in [1.807, 2.05) is 0 Å². The fraction of sp³-hybridized carbons (Fsp3) is 0.700. The number of amides is 1. The molecule has 1 aromatic rings. The molecular formula is C10H16N4O3. The predicted octanol–water partition coefficient (Wildman–Crippen LogP) is 0.0289. The second-order valence-electron chi connectivity index (χ2n) is 4.16. The Labute approximate surface area is 98.5 Å². The number of aliphatic hydroxyl groups is 1. The van der Waals surface area contributed by atoms with Crippen molar-refractivity contribution in [3.05, 3.63) is 5.69 Å². The second kappa shape index (κ2) is 5.13. The number of aliphatic hydroxyl groups excluding tert-OH is 1. The number of hydrogen-bond acceptors (Lipinski definition) is 6. The summed E-state index contributed by atoms with van der Waals surface area (Å²) in [6.45, 7) is 0.841. The second-order valence-corrected chi connectivity index (χ2v) is 4.16. The van der Waals surface area contributed by atoms with Crippen molar-refractivity contribution in [3.8, 4) is 0 Å². The number of nitrogen functional groups attached to an aromatic ring is 1. The molecule has 3 N–H and O–H groups in total. The van der Waals surface area contributed by atoms with E-state index in [1.54, 1.807) is 4.90 Å². The average molecular weight is 240 g/mol. The van der Waals surface area contributed by atoms with Crippen LogP contribution in [-0.2, 0) is 0 Å². The van der Waals surface area contributed by atoms with Gasteiger partial charge in [0.1, 0.15) is 0 Å². The van der Waals surface area contributed by atoms with Gasteiger partial charge >= 0.3 is 0 Å². The zero-order valence-corrected chi connectivity index (χ0v) is 9.50. The molecule has 1 aliphatic heterocycles. The van der Waals surface area contributed by atoms with E-state index in [0.717, 1.165) is 19.3 Å². The van der Waals surface area contributed by atoms with Crippen LogP contribution in [0, 0.1) is 0 Å². The highest BCUT2D eigenvalue weighted by atomic mass is 16.6. The number of hydrogen-bond donors (Lipinski definition) is 2. The lowest BCUT2D eigenvalue weighted by Gasteiger charge is -2.23. The molecule has 1 amide bonds. The fourth-order valence-electron chi connectivity index (χ4n) is 2.21. The zero-order chi connectivity index (χ0) is 12.3. The number of aromatic nitrogens is 2. The van der Waals surface area contributed by atoms with Gasteiger partial charge in [0.2, 0.25) is 11.5 Å². The number of likely N-dealkylation sites (tertiary alicyclic amines) is 1. The maximum atomic E-state index is 12.1. The molecule has 7 nitrogen and oxygen atoms in total. The molecule has 0 saturated carbocycles. The molecule has 2 rings (SSSR count). The Bertz CT molecular complexity index is 393. The SMILES string of the molecule is Nc1nonc1C(=O)N1CCCC1CCCO. The van der Waals surface area contributed by atoms with Gasteiger partial charge in [-0.25, -0.2) is 4.63 Å². The smallest absolute Gasteiger partial charge is 0.280 e. The van der Waals surface area contributed by atoms with Crippen molar-refractivity contribution in [1.82, 2.24) is 15.2 Å². The Morgan fingerprint density at radius 2 is 2.41 bits per heavy atom. The van der Waals surface area contributed by atoms with E-state index < -0.39 is 0 Å². The van der Waals surface area contributed by atoms with E-state index in [0.29, 0.717) is 13.0 Å². The lowest BCUT2D eigenvalue weighted by molar-refractivity contribution is 0.0714. The molecule has 2 heterocycles. The Morgan fingerprint density at radius 1 is 1.59 bits per heavy atom. The van der Waals surface area contributed by atoms with Gasteiger partial charge in [0.15, 0.2) is 0 Å². The Morgan fingerprint density at radius 3 is 3.06 bits per heavy atom. The third kappa shape index (κ3) is 2.38. The Hall–Kier alpha value is -1.63. The van der Waals surface area contributed by atoms with Crippen LogP contribution in [0.4, 0.5) is 5.82 Å². The Balaban J connectivity index is 2.06. The van der Waals surface area contributed by atoms with Crippen LogP contribution in [0.1, 0.15) is 36.2 Å². The summed E-state index contributed by atoms with van der Waals surface area (Å²) in [6.07, 6.45) is 3.42. The lowest BCUT2D eigenvalue weighted by atomic mass is 10.1. The van der Waals surface area contributed by atoms with E-state index in [9.17, 15) is 4.79 Å². The van der Waals surface area contributed by atoms with Gasteiger partial charge in [-0.2, -0.15) is 0 Å². The van der Waals surface area contributed by atoms with Gasteiger partial charge in [0, 0.05) is 19.2 Å². The monoisotopic (exact) mass is 240 g/mol. The first kappa shape index (κ1) is 11.8. The van der Waals surface area contributed by atoms with E-state index in [4.69, 9.17) is 10.8 Å². The largest absolute Gasteiger partial charge is 0.396 e. The molecular weight excluding hydrogens is 224 g/mol. The first-order chi connectivity index (χ1) is 8.24. The van der Waals surface area contributed by atoms with Crippen LogP contribution in [0.5, 0.6) is 0 Å². The zero-order valence-electron chi connectivity index (χ0n) is 9.50. The molecule has 7 heteroatoms. The number of nitrogens with two attached hydrogens (primary N) is 1. The molecule has 94 valence electrons.